The summed E-state index contributed by atoms with van der Waals surface area (Å²) in [5.41, 5.74) is 7.09. The SMILES string of the molecule is Cc1cccc(O[C@H](C)C(=O)NNC(=O)CCNC(=O)c2ccc(Cl)cc2)c1C. The molecule has 1 atom stereocenters. The highest BCUT2D eigenvalue weighted by Gasteiger charge is 2.16. The monoisotopic (exact) mass is 417 g/mol. The molecule has 3 N–H and O–H groups in total. The summed E-state index contributed by atoms with van der Waals surface area (Å²) in [6.07, 6.45) is -0.785. The van der Waals surface area contributed by atoms with Crippen LogP contribution in [0.2, 0.25) is 5.02 Å². The molecule has 0 aliphatic rings. The van der Waals surface area contributed by atoms with Crippen LogP contribution >= 0.6 is 11.6 Å². The van der Waals surface area contributed by atoms with Gasteiger partial charge in [0.2, 0.25) is 5.91 Å². The fraction of sp³-hybridized carbons (Fsp3) is 0.286. The second kappa shape index (κ2) is 10.5. The predicted molar refractivity (Wildman–Crippen MR) is 111 cm³/mol. The second-order valence-corrected chi connectivity index (χ2v) is 6.94. The van der Waals surface area contributed by atoms with Crippen LogP contribution in [0.4, 0.5) is 0 Å². The summed E-state index contributed by atoms with van der Waals surface area (Å²) < 4.78 is 5.66. The maximum Gasteiger partial charge on any atom is 0.279 e. The van der Waals surface area contributed by atoms with Gasteiger partial charge in [0.15, 0.2) is 6.10 Å². The van der Waals surface area contributed by atoms with Crippen molar-refractivity contribution in [3.8, 4) is 5.75 Å². The zero-order valence-corrected chi connectivity index (χ0v) is 17.3. The summed E-state index contributed by atoms with van der Waals surface area (Å²) in [6, 6.07) is 12.0. The van der Waals surface area contributed by atoms with Crippen molar-refractivity contribution in [2.75, 3.05) is 6.54 Å². The number of carbonyl (C=O) groups excluding carboxylic acids is 3. The first-order valence-electron chi connectivity index (χ1n) is 9.13. The maximum absolute atomic E-state index is 12.1. The van der Waals surface area contributed by atoms with Crippen molar-refractivity contribution < 1.29 is 19.1 Å². The smallest absolute Gasteiger partial charge is 0.279 e. The second-order valence-electron chi connectivity index (χ2n) is 6.51. The van der Waals surface area contributed by atoms with Gasteiger partial charge in [0.25, 0.3) is 11.8 Å². The van der Waals surface area contributed by atoms with Gasteiger partial charge in [-0.15, -0.1) is 0 Å². The molecule has 0 aliphatic carbocycles. The normalized spacial score (nSPS) is 11.3. The van der Waals surface area contributed by atoms with Crippen molar-refractivity contribution >= 4 is 29.3 Å². The number of carbonyl (C=O) groups is 3. The number of hydrogen-bond acceptors (Lipinski definition) is 4. The summed E-state index contributed by atoms with van der Waals surface area (Å²) in [7, 11) is 0. The van der Waals surface area contributed by atoms with Gasteiger partial charge in [-0.05, 0) is 62.2 Å². The van der Waals surface area contributed by atoms with E-state index in [9.17, 15) is 14.4 Å². The highest BCUT2D eigenvalue weighted by Crippen LogP contribution is 2.21. The third-order valence-electron chi connectivity index (χ3n) is 4.30. The Hall–Kier alpha value is -3.06. The van der Waals surface area contributed by atoms with E-state index in [1.54, 1.807) is 37.3 Å². The first-order chi connectivity index (χ1) is 13.8. The molecule has 8 heteroatoms. The molecule has 0 fully saturated rings. The largest absolute Gasteiger partial charge is 0.481 e. The number of rotatable bonds is 7. The van der Waals surface area contributed by atoms with Crippen LogP contribution in [0.1, 0.15) is 34.8 Å². The molecular weight excluding hydrogens is 394 g/mol. The lowest BCUT2D eigenvalue weighted by Crippen LogP contribution is -2.47. The molecule has 7 nitrogen and oxygen atoms in total. The minimum atomic E-state index is -0.791. The Labute approximate surface area is 174 Å². The Morgan fingerprint density at radius 2 is 1.72 bits per heavy atom. The molecule has 3 amide bonds. The van der Waals surface area contributed by atoms with E-state index in [0.29, 0.717) is 16.3 Å². The molecule has 2 aromatic carbocycles. The van der Waals surface area contributed by atoms with Crippen LogP contribution in [0, 0.1) is 13.8 Å². The maximum atomic E-state index is 12.1. The molecule has 0 aromatic heterocycles. The lowest BCUT2D eigenvalue weighted by Gasteiger charge is -2.17. The molecule has 0 unspecified atom stereocenters. The Kier molecular flexibility index (Phi) is 8.03. The van der Waals surface area contributed by atoms with Gasteiger partial charge in [-0.1, -0.05) is 23.7 Å². The van der Waals surface area contributed by atoms with Gasteiger partial charge in [0, 0.05) is 23.6 Å². The van der Waals surface area contributed by atoms with E-state index in [1.807, 2.05) is 26.0 Å². The number of hydrazine groups is 1. The molecule has 2 rings (SSSR count). The van der Waals surface area contributed by atoms with Crippen LogP contribution < -0.4 is 20.9 Å². The van der Waals surface area contributed by atoms with Crippen molar-refractivity contribution in [1.82, 2.24) is 16.2 Å². The average Bonchev–Trinajstić information content (AvgIpc) is 2.70. The van der Waals surface area contributed by atoms with Crippen molar-refractivity contribution in [1.29, 1.82) is 0 Å². The van der Waals surface area contributed by atoms with Gasteiger partial charge < -0.3 is 10.1 Å². The van der Waals surface area contributed by atoms with E-state index in [2.05, 4.69) is 16.2 Å². The van der Waals surface area contributed by atoms with Gasteiger partial charge in [-0.2, -0.15) is 0 Å². The zero-order valence-electron chi connectivity index (χ0n) is 16.5. The lowest BCUT2D eigenvalue weighted by molar-refractivity contribution is -0.132. The molecule has 0 bridgehead atoms. The topological polar surface area (TPSA) is 96.5 Å². The van der Waals surface area contributed by atoms with Gasteiger partial charge in [0.05, 0.1) is 0 Å². The predicted octanol–water partition coefficient (Wildman–Crippen LogP) is 2.69. The fourth-order valence-corrected chi connectivity index (χ4v) is 2.51. The summed E-state index contributed by atoms with van der Waals surface area (Å²) >= 11 is 5.78. The van der Waals surface area contributed by atoms with E-state index in [-0.39, 0.29) is 18.9 Å². The van der Waals surface area contributed by atoms with Crippen molar-refractivity contribution in [2.45, 2.75) is 33.3 Å². The molecule has 0 radical (unpaired) electrons. The minimum Gasteiger partial charge on any atom is -0.481 e. The van der Waals surface area contributed by atoms with Gasteiger partial charge in [0.1, 0.15) is 5.75 Å². The quantitative estimate of drug-likeness (QED) is 0.603. The van der Waals surface area contributed by atoms with Crippen LogP contribution in [0.5, 0.6) is 5.75 Å². The summed E-state index contributed by atoms with van der Waals surface area (Å²) in [4.78, 5) is 35.9. The molecule has 154 valence electrons. The number of nitrogens with one attached hydrogen (secondary N) is 3. The highest BCUT2D eigenvalue weighted by atomic mass is 35.5. The van der Waals surface area contributed by atoms with Crippen LogP contribution in [-0.2, 0) is 9.59 Å². The number of halogens is 1. The standard InChI is InChI=1S/C21H24ClN3O4/c1-13-5-4-6-18(14(13)2)29-15(3)20(27)25-24-19(26)11-12-23-21(28)16-7-9-17(22)10-8-16/h4-10,15H,11-12H2,1-3H3,(H,23,28)(H,24,26)(H,25,27)/t15-/m1/s1. The molecule has 0 heterocycles. The van der Waals surface area contributed by atoms with E-state index in [1.165, 1.54) is 0 Å². The number of aryl methyl sites for hydroxylation is 1. The van der Waals surface area contributed by atoms with E-state index >= 15 is 0 Å². The zero-order chi connectivity index (χ0) is 21.4. The van der Waals surface area contributed by atoms with Crippen molar-refractivity contribution in [3.63, 3.8) is 0 Å². The third kappa shape index (κ3) is 6.80. The van der Waals surface area contributed by atoms with Crippen LogP contribution in [-0.4, -0.2) is 30.4 Å². The number of hydrogen-bond donors (Lipinski definition) is 3. The number of ether oxygens (including phenoxy) is 1. The van der Waals surface area contributed by atoms with Gasteiger partial charge in [-0.25, -0.2) is 0 Å². The fourth-order valence-electron chi connectivity index (χ4n) is 2.38. The first kappa shape index (κ1) is 22.2. The summed E-state index contributed by atoms with van der Waals surface area (Å²) in [5, 5.41) is 3.16. The van der Waals surface area contributed by atoms with E-state index in [4.69, 9.17) is 16.3 Å². The summed E-state index contributed by atoms with van der Waals surface area (Å²) in [5.74, 6) is -0.615. The molecule has 2 aromatic rings. The average molecular weight is 418 g/mol. The minimum absolute atomic E-state index is 0.00579. The van der Waals surface area contributed by atoms with Crippen LogP contribution in [0.25, 0.3) is 0 Å². The molecular formula is C21H24ClN3O4. The van der Waals surface area contributed by atoms with Gasteiger partial charge >= 0.3 is 0 Å². The van der Waals surface area contributed by atoms with Crippen LogP contribution in [0.3, 0.4) is 0 Å². The number of amides is 3. The van der Waals surface area contributed by atoms with Gasteiger partial charge in [-0.3, -0.25) is 25.2 Å². The Balaban J connectivity index is 1.71. The Morgan fingerprint density at radius 3 is 2.41 bits per heavy atom. The third-order valence-corrected chi connectivity index (χ3v) is 4.55. The molecule has 29 heavy (non-hydrogen) atoms. The van der Waals surface area contributed by atoms with E-state index < -0.39 is 17.9 Å². The Bertz CT molecular complexity index is 884. The summed E-state index contributed by atoms with van der Waals surface area (Å²) in [6.45, 7) is 5.58. The molecule has 0 saturated carbocycles. The first-order valence-corrected chi connectivity index (χ1v) is 9.51. The molecule has 0 aliphatic heterocycles. The number of benzene rings is 2. The van der Waals surface area contributed by atoms with Crippen LogP contribution in [0.15, 0.2) is 42.5 Å². The Morgan fingerprint density at radius 1 is 1.03 bits per heavy atom. The van der Waals surface area contributed by atoms with Crippen molar-refractivity contribution in [3.05, 3.63) is 64.2 Å². The van der Waals surface area contributed by atoms with E-state index in [0.717, 1.165) is 11.1 Å². The molecule has 0 saturated heterocycles. The lowest BCUT2D eigenvalue weighted by atomic mass is 10.1. The van der Waals surface area contributed by atoms with Crippen molar-refractivity contribution in [2.24, 2.45) is 0 Å². The highest BCUT2D eigenvalue weighted by molar-refractivity contribution is 6.30. The molecule has 0 spiro atoms.